The number of hydrogen-bond acceptors (Lipinski definition) is 3. The Morgan fingerprint density at radius 3 is 2.71 bits per heavy atom. The lowest BCUT2D eigenvalue weighted by Gasteiger charge is -2.10. The van der Waals surface area contributed by atoms with Gasteiger partial charge in [0.1, 0.15) is 0 Å². The van der Waals surface area contributed by atoms with Crippen LogP contribution in [-0.2, 0) is 6.54 Å². The van der Waals surface area contributed by atoms with Crippen molar-refractivity contribution in [2.24, 2.45) is 0 Å². The summed E-state index contributed by atoms with van der Waals surface area (Å²) in [4.78, 5) is 11.5. The molecule has 1 heterocycles. The van der Waals surface area contributed by atoms with Crippen LogP contribution in [0.5, 0.6) is 0 Å². The van der Waals surface area contributed by atoms with Crippen molar-refractivity contribution < 1.29 is 4.79 Å². The second-order valence-electron chi connectivity index (χ2n) is 5.98. The minimum atomic E-state index is -0.00937. The zero-order valence-corrected chi connectivity index (χ0v) is 18.6. The Labute approximate surface area is 186 Å². The number of aromatic nitrogens is 2. The summed E-state index contributed by atoms with van der Waals surface area (Å²) in [6.07, 6.45) is 1.83. The lowest BCUT2D eigenvalue weighted by atomic mass is 10.1. The Morgan fingerprint density at radius 1 is 1.21 bits per heavy atom. The van der Waals surface area contributed by atoms with E-state index in [1.54, 1.807) is 35.0 Å². The molecule has 3 aromatic rings. The van der Waals surface area contributed by atoms with E-state index in [0.717, 1.165) is 10.0 Å². The lowest BCUT2D eigenvalue weighted by Crippen LogP contribution is -2.20. The van der Waals surface area contributed by atoms with Gasteiger partial charge in [0.2, 0.25) is 0 Å². The van der Waals surface area contributed by atoms with Crippen molar-refractivity contribution in [2.45, 2.75) is 13.5 Å². The maximum Gasteiger partial charge on any atom is 0.176 e. The first-order valence-electron chi connectivity index (χ1n) is 8.17. The van der Waals surface area contributed by atoms with Crippen LogP contribution in [0.1, 0.15) is 22.8 Å². The number of nitrogens with one attached hydrogen (secondary N) is 2. The van der Waals surface area contributed by atoms with E-state index in [9.17, 15) is 4.79 Å². The molecular weight excluding hydrogens is 483 g/mol. The Balaban J connectivity index is 1.68. The standard InChI is InChI=1S/C19H15BrCl2N4OS/c1-11(27)12-3-2-4-15(7-12)23-19(28)24-18-16(20)10-26(25-18)9-13-5-6-14(21)8-17(13)22/h2-8,10H,9H2,1H3,(H2,23,24,25,28). The van der Waals surface area contributed by atoms with Gasteiger partial charge < -0.3 is 10.6 Å². The summed E-state index contributed by atoms with van der Waals surface area (Å²) in [6, 6.07) is 12.5. The monoisotopic (exact) mass is 496 g/mol. The summed E-state index contributed by atoms with van der Waals surface area (Å²) >= 11 is 21.0. The first-order valence-corrected chi connectivity index (χ1v) is 10.1. The van der Waals surface area contributed by atoms with Gasteiger partial charge >= 0.3 is 0 Å². The van der Waals surface area contributed by atoms with E-state index in [1.807, 2.05) is 18.3 Å². The minimum Gasteiger partial charge on any atom is -0.332 e. The highest BCUT2D eigenvalue weighted by atomic mass is 79.9. The average molecular weight is 498 g/mol. The van der Waals surface area contributed by atoms with E-state index < -0.39 is 0 Å². The molecule has 0 saturated carbocycles. The van der Waals surface area contributed by atoms with Crippen molar-refractivity contribution in [3.8, 4) is 0 Å². The van der Waals surface area contributed by atoms with Crippen LogP contribution in [0, 0.1) is 0 Å². The summed E-state index contributed by atoms with van der Waals surface area (Å²) in [5, 5.41) is 12.1. The van der Waals surface area contributed by atoms with Crippen LogP contribution in [-0.4, -0.2) is 20.7 Å². The molecule has 0 radical (unpaired) electrons. The summed E-state index contributed by atoms with van der Waals surface area (Å²) in [5.74, 6) is 0.551. The molecular formula is C19H15BrCl2N4OS. The van der Waals surface area contributed by atoms with E-state index in [-0.39, 0.29) is 5.78 Å². The number of carbonyl (C=O) groups is 1. The number of halogens is 3. The third kappa shape index (κ3) is 5.32. The van der Waals surface area contributed by atoms with Crippen LogP contribution in [0.3, 0.4) is 0 Å². The molecule has 2 aromatic carbocycles. The number of Topliss-reactive ketones (excluding diaryl/α,β-unsaturated/α-hetero) is 1. The van der Waals surface area contributed by atoms with Crippen molar-refractivity contribution in [2.75, 3.05) is 10.6 Å². The van der Waals surface area contributed by atoms with Crippen LogP contribution in [0.15, 0.2) is 53.1 Å². The summed E-state index contributed by atoms with van der Waals surface area (Å²) in [5.41, 5.74) is 2.22. The van der Waals surface area contributed by atoms with Gasteiger partial charge in [-0.1, -0.05) is 41.4 Å². The van der Waals surface area contributed by atoms with Crippen molar-refractivity contribution in [1.29, 1.82) is 0 Å². The Hall–Kier alpha value is -1.93. The molecule has 0 fully saturated rings. The number of benzene rings is 2. The molecule has 0 amide bonds. The molecule has 0 atom stereocenters. The van der Waals surface area contributed by atoms with Crippen LogP contribution < -0.4 is 10.6 Å². The first kappa shape index (κ1) is 20.8. The van der Waals surface area contributed by atoms with Crippen molar-refractivity contribution in [3.05, 3.63) is 74.3 Å². The summed E-state index contributed by atoms with van der Waals surface area (Å²) in [7, 11) is 0. The fourth-order valence-electron chi connectivity index (χ4n) is 2.47. The quantitative estimate of drug-likeness (QED) is 0.333. The van der Waals surface area contributed by atoms with Gasteiger partial charge in [-0.2, -0.15) is 5.10 Å². The SMILES string of the molecule is CC(=O)c1cccc(NC(=S)Nc2nn(Cc3ccc(Cl)cc3Cl)cc2Br)c1. The summed E-state index contributed by atoms with van der Waals surface area (Å²) in [6.45, 7) is 2.00. The van der Waals surface area contributed by atoms with Crippen molar-refractivity contribution in [3.63, 3.8) is 0 Å². The number of hydrogen-bond donors (Lipinski definition) is 2. The molecule has 0 saturated heterocycles. The predicted molar refractivity (Wildman–Crippen MR) is 122 cm³/mol. The maximum atomic E-state index is 11.5. The Kier molecular flexibility index (Phi) is 6.72. The first-order chi connectivity index (χ1) is 13.3. The second-order valence-corrected chi connectivity index (χ2v) is 8.08. The molecule has 2 N–H and O–H groups in total. The van der Waals surface area contributed by atoms with Gasteiger partial charge in [-0.05, 0) is 64.9 Å². The normalized spacial score (nSPS) is 10.6. The number of anilines is 2. The topological polar surface area (TPSA) is 59.0 Å². The van der Waals surface area contributed by atoms with Crippen LogP contribution in [0.25, 0.3) is 0 Å². The van der Waals surface area contributed by atoms with Gasteiger partial charge in [-0.25, -0.2) is 0 Å². The van der Waals surface area contributed by atoms with Crippen LogP contribution in [0.2, 0.25) is 10.0 Å². The average Bonchev–Trinajstić information content (AvgIpc) is 2.96. The lowest BCUT2D eigenvalue weighted by molar-refractivity contribution is 0.101. The number of ketones is 1. The largest absolute Gasteiger partial charge is 0.332 e. The highest BCUT2D eigenvalue weighted by Crippen LogP contribution is 2.25. The van der Waals surface area contributed by atoms with Gasteiger partial charge in [-0.3, -0.25) is 9.48 Å². The maximum absolute atomic E-state index is 11.5. The molecule has 3 rings (SSSR count). The molecule has 0 bridgehead atoms. The van der Waals surface area contributed by atoms with Gasteiger partial charge in [0.15, 0.2) is 16.7 Å². The number of rotatable bonds is 5. The molecule has 28 heavy (non-hydrogen) atoms. The molecule has 0 unspecified atom stereocenters. The zero-order valence-electron chi connectivity index (χ0n) is 14.7. The molecule has 5 nitrogen and oxygen atoms in total. The highest BCUT2D eigenvalue weighted by molar-refractivity contribution is 9.10. The van der Waals surface area contributed by atoms with E-state index >= 15 is 0 Å². The molecule has 0 aliphatic rings. The van der Waals surface area contributed by atoms with E-state index in [2.05, 4.69) is 31.7 Å². The molecule has 1 aromatic heterocycles. The van der Waals surface area contributed by atoms with Crippen LogP contribution in [0.4, 0.5) is 11.5 Å². The molecule has 9 heteroatoms. The Bertz CT molecular complexity index is 1050. The third-order valence-electron chi connectivity index (χ3n) is 3.82. The fraction of sp³-hybridized carbons (Fsp3) is 0.105. The number of carbonyl (C=O) groups excluding carboxylic acids is 1. The van der Waals surface area contributed by atoms with Gasteiger partial charge in [-0.15, -0.1) is 0 Å². The second kappa shape index (κ2) is 9.05. The Morgan fingerprint density at radius 2 is 2.00 bits per heavy atom. The molecule has 0 aliphatic heterocycles. The minimum absolute atomic E-state index is 0.00937. The number of thiocarbonyl (C=S) groups is 1. The van der Waals surface area contributed by atoms with E-state index in [4.69, 9.17) is 35.4 Å². The summed E-state index contributed by atoms with van der Waals surface area (Å²) < 4.78 is 2.49. The third-order valence-corrected chi connectivity index (χ3v) is 5.19. The predicted octanol–water partition coefficient (Wildman–Crippen LogP) is 6.01. The molecule has 144 valence electrons. The van der Waals surface area contributed by atoms with Crippen LogP contribution >= 0.6 is 51.3 Å². The number of nitrogens with zero attached hydrogens (tertiary/aromatic N) is 2. The van der Waals surface area contributed by atoms with Gasteiger partial charge in [0.25, 0.3) is 0 Å². The molecule has 0 aliphatic carbocycles. The fourth-order valence-corrected chi connectivity index (χ4v) is 3.57. The van der Waals surface area contributed by atoms with Crippen molar-refractivity contribution >= 4 is 73.8 Å². The van der Waals surface area contributed by atoms with Gasteiger partial charge in [0, 0.05) is 27.5 Å². The smallest absolute Gasteiger partial charge is 0.176 e. The van der Waals surface area contributed by atoms with Gasteiger partial charge in [0.05, 0.1) is 11.0 Å². The molecule has 0 spiro atoms. The van der Waals surface area contributed by atoms with E-state index in [0.29, 0.717) is 38.8 Å². The van der Waals surface area contributed by atoms with E-state index in [1.165, 1.54) is 6.92 Å². The zero-order chi connectivity index (χ0) is 20.3. The highest BCUT2D eigenvalue weighted by Gasteiger charge is 2.11. The van der Waals surface area contributed by atoms with Crippen molar-refractivity contribution in [1.82, 2.24) is 9.78 Å².